The van der Waals surface area contributed by atoms with E-state index in [1.165, 1.54) is 28.8 Å². The Labute approximate surface area is 204 Å². The number of hydrogen-bond acceptors (Lipinski definition) is 5. The molecule has 1 N–H and O–H groups in total. The minimum absolute atomic E-state index is 0.0986. The van der Waals surface area contributed by atoms with Crippen molar-refractivity contribution >= 4 is 39.2 Å². The van der Waals surface area contributed by atoms with Crippen molar-refractivity contribution in [2.75, 3.05) is 0 Å². The van der Waals surface area contributed by atoms with Crippen LogP contribution < -0.4 is 10.9 Å². The van der Waals surface area contributed by atoms with Crippen LogP contribution in [-0.4, -0.2) is 21.5 Å². The van der Waals surface area contributed by atoms with Crippen molar-refractivity contribution in [2.45, 2.75) is 48.6 Å². The van der Waals surface area contributed by atoms with Crippen LogP contribution in [-0.2, 0) is 17.6 Å². The van der Waals surface area contributed by atoms with Gasteiger partial charge in [0.15, 0.2) is 5.16 Å². The molecule has 34 heavy (non-hydrogen) atoms. The first-order valence-corrected chi connectivity index (χ1v) is 13.1. The highest BCUT2D eigenvalue weighted by Crippen LogP contribution is 2.40. The Morgan fingerprint density at radius 2 is 1.88 bits per heavy atom. The summed E-state index contributed by atoms with van der Waals surface area (Å²) >= 11 is 2.83. The lowest BCUT2D eigenvalue weighted by Gasteiger charge is -2.19. The van der Waals surface area contributed by atoms with Gasteiger partial charge in [-0.3, -0.25) is 14.2 Å². The summed E-state index contributed by atoms with van der Waals surface area (Å²) in [4.78, 5) is 34.0. The van der Waals surface area contributed by atoms with Crippen molar-refractivity contribution in [1.82, 2.24) is 14.9 Å². The molecule has 2 aliphatic rings. The van der Waals surface area contributed by atoms with E-state index < -0.39 is 5.25 Å². The van der Waals surface area contributed by atoms with Crippen LogP contribution >= 0.6 is 23.1 Å². The van der Waals surface area contributed by atoms with Crippen LogP contribution in [0.4, 0.5) is 4.39 Å². The molecule has 4 aromatic rings. The molecule has 0 saturated heterocycles. The highest BCUT2D eigenvalue weighted by atomic mass is 32.2. The van der Waals surface area contributed by atoms with Crippen LogP contribution in [0.15, 0.2) is 64.5 Å². The number of thiophene rings is 1. The summed E-state index contributed by atoms with van der Waals surface area (Å²) in [6.45, 7) is 0. The maximum Gasteiger partial charge on any atom is 0.267 e. The number of amides is 1. The molecule has 0 spiro atoms. The van der Waals surface area contributed by atoms with Gasteiger partial charge in [0.05, 0.1) is 11.1 Å². The zero-order valence-corrected chi connectivity index (χ0v) is 19.9. The maximum absolute atomic E-state index is 13.9. The number of para-hydroxylation sites is 1. The first kappa shape index (κ1) is 21.6. The molecule has 2 aliphatic carbocycles. The summed E-state index contributed by atoms with van der Waals surface area (Å²) in [5.41, 5.74) is 2.41. The van der Waals surface area contributed by atoms with E-state index >= 15 is 0 Å². The smallest absolute Gasteiger partial charge is 0.267 e. The highest BCUT2D eigenvalue weighted by Gasteiger charge is 2.31. The number of nitrogens with one attached hydrogen (secondary N) is 1. The topological polar surface area (TPSA) is 64.0 Å². The predicted molar refractivity (Wildman–Crippen MR) is 133 cm³/mol. The maximum atomic E-state index is 13.9. The molecule has 2 heterocycles. The predicted octanol–water partition coefficient (Wildman–Crippen LogP) is 5.19. The summed E-state index contributed by atoms with van der Waals surface area (Å²) in [5, 5.41) is 3.57. The van der Waals surface area contributed by atoms with E-state index in [1.54, 1.807) is 28.0 Å². The Hall–Kier alpha value is -2.97. The monoisotopic (exact) mass is 491 g/mol. The molecule has 172 valence electrons. The summed E-state index contributed by atoms with van der Waals surface area (Å²) in [7, 11) is 0. The molecule has 6 rings (SSSR count). The summed E-state index contributed by atoms with van der Waals surface area (Å²) in [5.74, 6) is -0.509. The number of aromatic nitrogens is 2. The summed E-state index contributed by atoms with van der Waals surface area (Å²) in [6, 6.07) is 15.6. The van der Waals surface area contributed by atoms with E-state index in [4.69, 9.17) is 4.98 Å². The van der Waals surface area contributed by atoms with E-state index in [2.05, 4.69) is 5.32 Å². The molecule has 0 radical (unpaired) electrons. The molecule has 2 aromatic heterocycles. The van der Waals surface area contributed by atoms with Gasteiger partial charge in [0.2, 0.25) is 5.91 Å². The van der Waals surface area contributed by atoms with Gasteiger partial charge in [-0.2, -0.15) is 0 Å². The normalized spacial score (nSPS) is 15.9. The van der Waals surface area contributed by atoms with Gasteiger partial charge in [-0.1, -0.05) is 42.1 Å². The fourth-order valence-electron chi connectivity index (χ4n) is 4.43. The van der Waals surface area contributed by atoms with Crippen LogP contribution in [0.2, 0.25) is 0 Å². The average Bonchev–Trinajstić information content (AvgIpc) is 3.41. The van der Waals surface area contributed by atoms with Crippen LogP contribution in [0, 0.1) is 5.82 Å². The number of rotatable bonds is 6. The lowest BCUT2D eigenvalue weighted by Crippen LogP contribution is -2.30. The number of thioether (sulfide) groups is 1. The molecule has 0 aliphatic heterocycles. The van der Waals surface area contributed by atoms with E-state index in [-0.39, 0.29) is 23.3 Å². The molecule has 8 heteroatoms. The molecule has 1 unspecified atom stereocenters. The SMILES string of the molecule is O=C(NC1CC1)C(Sc1nc2sc3c(c2c(=O)n1-c1ccccc1)CCC3)c1ccc(F)cc1. The van der Waals surface area contributed by atoms with Crippen molar-refractivity contribution < 1.29 is 9.18 Å². The molecular weight excluding hydrogens is 469 g/mol. The van der Waals surface area contributed by atoms with Gasteiger partial charge in [-0.25, -0.2) is 9.37 Å². The number of benzene rings is 2. The molecule has 0 bridgehead atoms. The zero-order valence-electron chi connectivity index (χ0n) is 18.3. The molecular formula is C26H22FN3O2S2. The van der Waals surface area contributed by atoms with Crippen LogP contribution in [0.3, 0.4) is 0 Å². The Morgan fingerprint density at radius 1 is 1.12 bits per heavy atom. The first-order valence-electron chi connectivity index (χ1n) is 11.4. The molecule has 2 aromatic carbocycles. The minimum Gasteiger partial charge on any atom is -0.352 e. The number of nitrogens with zero attached hydrogens (tertiary/aromatic N) is 2. The minimum atomic E-state index is -0.660. The van der Waals surface area contributed by atoms with Gasteiger partial charge in [-0.05, 0) is 67.5 Å². The Balaban J connectivity index is 1.51. The third kappa shape index (κ3) is 3.95. The fraction of sp³-hybridized carbons (Fsp3) is 0.269. The number of fused-ring (bicyclic) bond motifs is 3. The second kappa shape index (κ2) is 8.67. The number of halogens is 1. The lowest BCUT2D eigenvalue weighted by atomic mass is 10.1. The second-order valence-corrected chi connectivity index (χ2v) is 10.9. The van der Waals surface area contributed by atoms with Crippen molar-refractivity contribution in [3.05, 3.63) is 86.8 Å². The Kier molecular flexibility index (Phi) is 5.50. The Morgan fingerprint density at radius 3 is 2.62 bits per heavy atom. The number of hydrogen-bond donors (Lipinski definition) is 1. The first-order chi connectivity index (χ1) is 16.6. The average molecular weight is 492 g/mol. The second-order valence-electron chi connectivity index (χ2n) is 8.74. The third-order valence-electron chi connectivity index (χ3n) is 6.28. The van der Waals surface area contributed by atoms with Crippen molar-refractivity contribution in [2.24, 2.45) is 0 Å². The van der Waals surface area contributed by atoms with Crippen molar-refractivity contribution in [3.8, 4) is 5.69 Å². The molecule has 1 atom stereocenters. The molecule has 1 amide bonds. The zero-order chi connectivity index (χ0) is 23.2. The van der Waals surface area contributed by atoms with E-state index in [1.807, 2.05) is 30.3 Å². The number of carbonyl (C=O) groups is 1. The van der Waals surface area contributed by atoms with Gasteiger partial charge in [0.1, 0.15) is 15.9 Å². The quantitative estimate of drug-likeness (QED) is 0.298. The van der Waals surface area contributed by atoms with Crippen molar-refractivity contribution in [3.63, 3.8) is 0 Å². The van der Waals surface area contributed by atoms with E-state index in [9.17, 15) is 14.0 Å². The number of aryl methyl sites for hydroxylation is 2. The Bertz CT molecular complexity index is 1440. The van der Waals surface area contributed by atoms with Gasteiger partial charge < -0.3 is 5.32 Å². The molecule has 1 saturated carbocycles. The van der Waals surface area contributed by atoms with E-state index in [0.29, 0.717) is 21.8 Å². The van der Waals surface area contributed by atoms with Crippen LogP contribution in [0.25, 0.3) is 15.9 Å². The highest BCUT2D eigenvalue weighted by molar-refractivity contribution is 8.00. The largest absolute Gasteiger partial charge is 0.352 e. The number of carbonyl (C=O) groups excluding carboxylic acids is 1. The summed E-state index contributed by atoms with van der Waals surface area (Å²) in [6.07, 6.45) is 4.87. The third-order valence-corrected chi connectivity index (χ3v) is 8.67. The van der Waals surface area contributed by atoms with Crippen LogP contribution in [0.5, 0.6) is 0 Å². The molecule has 5 nitrogen and oxygen atoms in total. The van der Waals surface area contributed by atoms with Gasteiger partial charge in [0.25, 0.3) is 5.56 Å². The van der Waals surface area contributed by atoms with Gasteiger partial charge in [-0.15, -0.1) is 11.3 Å². The van der Waals surface area contributed by atoms with E-state index in [0.717, 1.165) is 42.5 Å². The lowest BCUT2D eigenvalue weighted by molar-refractivity contribution is -0.120. The van der Waals surface area contributed by atoms with Gasteiger partial charge in [0, 0.05) is 10.9 Å². The van der Waals surface area contributed by atoms with Crippen molar-refractivity contribution in [1.29, 1.82) is 0 Å². The van der Waals surface area contributed by atoms with Crippen LogP contribution in [0.1, 0.15) is 40.5 Å². The summed E-state index contributed by atoms with van der Waals surface area (Å²) < 4.78 is 15.3. The van der Waals surface area contributed by atoms with Gasteiger partial charge >= 0.3 is 0 Å². The standard InChI is InChI=1S/C26H22FN3O2S2/c27-16-11-9-15(10-12-16)22(23(31)28-17-13-14-17)34-26-29-24-21(19-7-4-8-20(19)33-24)25(32)30(26)18-5-2-1-3-6-18/h1-3,5-6,9-12,17,22H,4,7-8,13-14H2,(H,28,31). The fourth-order valence-corrected chi connectivity index (χ4v) is 6.86. The molecule has 1 fully saturated rings.